The van der Waals surface area contributed by atoms with Crippen LogP contribution in [0, 0.1) is 10.1 Å². The molecule has 0 aromatic heterocycles. The van der Waals surface area contributed by atoms with E-state index in [2.05, 4.69) is 15.9 Å². The molecular weight excluding hydrogens is 348 g/mol. The summed E-state index contributed by atoms with van der Waals surface area (Å²) in [6.07, 6.45) is 0. The van der Waals surface area contributed by atoms with Crippen LogP contribution in [0.5, 0.6) is 0 Å². The lowest BCUT2D eigenvalue weighted by Crippen LogP contribution is -2.47. The Morgan fingerprint density at radius 3 is 2.75 bits per heavy atom. The van der Waals surface area contributed by atoms with Gasteiger partial charge in [-0.1, -0.05) is 15.9 Å². The number of anilines is 1. The van der Waals surface area contributed by atoms with E-state index >= 15 is 0 Å². The van der Waals surface area contributed by atoms with Gasteiger partial charge in [0.05, 0.1) is 16.4 Å². The molecule has 8 heteroatoms. The van der Waals surface area contributed by atoms with E-state index in [1.54, 1.807) is 6.07 Å². The van der Waals surface area contributed by atoms with Crippen LogP contribution >= 0.6 is 15.9 Å². The van der Waals surface area contributed by atoms with Crippen molar-refractivity contribution in [2.24, 2.45) is 0 Å². The lowest BCUT2D eigenvalue weighted by atomic mass is 10.1. The molecule has 1 aliphatic rings. The van der Waals surface area contributed by atoms with Crippen LogP contribution in [0.25, 0.3) is 0 Å². The summed E-state index contributed by atoms with van der Waals surface area (Å²) in [4.78, 5) is 12.4. The quantitative estimate of drug-likeness (QED) is 0.467. The van der Waals surface area contributed by atoms with Gasteiger partial charge in [-0.2, -0.15) is 0 Å². The van der Waals surface area contributed by atoms with Crippen molar-refractivity contribution in [3.8, 4) is 0 Å². The minimum Gasteiger partial charge on any atom is -0.367 e. The third kappa shape index (κ3) is 3.12. The number of benzene rings is 1. The standard InChI is InChI=1S/C12H15BrN2O4S/c1-9-8-20(18,19)5-4-14(9)12-3-2-11(15(16)17)6-10(12)7-13/h2-3,6,9H,4-5,7-8H2,1H3. The Hall–Kier alpha value is -1.15. The van der Waals surface area contributed by atoms with Crippen LogP contribution in [0.3, 0.4) is 0 Å². The molecule has 110 valence electrons. The summed E-state index contributed by atoms with van der Waals surface area (Å²) in [5, 5.41) is 11.3. The molecule has 0 spiro atoms. The predicted octanol–water partition coefficient (Wildman–Crippen LogP) is 2.11. The van der Waals surface area contributed by atoms with Gasteiger partial charge in [0.25, 0.3) is 5.69 Å². The molecule has 0 saturated carbocycles. The van der Waals surface area contributed by atoms with Crippen LogP contribution in [0.2, 0.25) is 0 Å². The normalized spacial score (nSPS) is 21.7. The lowest BCUT2D eigenvalue weighted by Gasteiger charge is -2.36. The van der Waals surface area contributed by atoms with E-state index < -0.39 is 14.8 Å². The van der Waals surface area contributed by atoms with Gasteiger partial charge in [0.2, 0.25) is 0 Å². The van der Waals surface area contributed by atoms with Crippen LogP contribution in [0.15, 0.2) is 18.2 Å². The molecule has 20 heavy (non-hydrogen) atoms. The first-order valence-corrected chi connectivity index (χ1v) is 9.08. The van der Waals surface area contributed by atoms with E-state index in [9.17, 15) is 18.5 Å². The largest absolute Gasteiger partial charge is 0.367 e. The van der Waals surface area contributed by atoms with Crippen molar-refractivity contribution in [2.45, 2.75) is 18.3 Å². The molecule has 1 heterocycles. The number of non-ortho nitro benzene ring substituents is 1. The topological polar surface area (TPSA) is 80.5 Å². The average Bonchev–Trinajstić information content (AvgIpc) is 2.37. The zero-order valence-electron chi connectivity index (χ0n) is 11.0. The second kappa shape index (κ2) is 5.69. The number of sulfone groups is 1. The molecule has 1 aliphatic heterocycles. The van der Waals surface area contributed by atoms with Crippen molar-refractivity contribution in [2.75, 3.05) is 23.0 Å². The van der Waals surface area contributed by atoms with Crippen LogP contribution in [-0.2, 0) is 15.2 Å². The number of hydrogen-bond donors (Lipinski definition) is 0. The third-order valence-electron chi connectivity index (χ3n) is 3.40. The van der Waals surface area contributed by atoms with Gasteiger partial charge in [0.1, 0.15) is 0 Å². The molecule has 0 aliphatic carbocycles. The van der Waals surface area contributed by atoms with Gasteiger partial charge in [-0.25, -0.2) is 8.42 Å². The first-order valence-electron chi connectivity index (χ1n) is 6.14. The summed E-state index contributed by atoms with van der Waals surface area (Å²) in [6.45, 7) is 2.28. The average molecular weight is 363 g/mol. The first kappa shape index (κ1) is 15.2. The molecule has 0 radical (unpaired) electrons. The molecule has 1 aromatic rings. The highest BCUT2D eigenvalue weighted by Crippen LogP contribution is 2.30. The summed E-state index contributed by atoms with van der Waals surface area (Å²) < 4.78 is 23.2. The zero-order chi connectivity index (χ0) is 14.9. The first-order chi connectivity index (χ1) is 9.34. The summed E-state index contributed by atoms with van der Waals surface area (Å²) in [5.74, 6) is 0.238. The highest BCUT2D eigenvalue weighted by atomic mass is 79.9. The molecule has 1 atom stereocenters. The zero-order valence-corrected chi connectivity index (χ0v) is 13.4. The number of nitro benzene ring substituents is 1. The van der Waals surface area contributed by atoms with Gasteiger partial charge in [0.15, 0.2) is 9.84 Å². The Morgan fingerprint density at radius 2 is 2.20 bits per heavy atom. The minimum atomic E-state index is -2.98. The van der Waals surface area contributed by atoms with E-state index in [1.807, 2.05) is 11.8 Å². The maximum absolute atomic E-state index is 11.6. The second-order valence-corrected chi connectivity index (χ2v) is 7.65. The van der Waals surface area contributed by atoms with E-state index in [-0.39, 0.29) is 23.2 Å². The van der Waals surface area contributed by atoms with Crippen LogP contribution in [-0.4, -0.2) is 37.4 Å². The minimum absolute atomic E-state index is 0.0421. The number of rotatable bonds is 3. The molecule has 0 bridgehead atoms. The fourth-order valence-corrected chi connectivity index (χ4v) is 4.43. The second-order valence-electron chi connectivity index (χ2n) is 4.86. The van der Waals surface area contributed by atoms with Crippen LogP contribution in [0.4, 0.5) is 11.4 Å². The monoisotopic (exact) mass is 362 g/mol. The Labute approximate surface area is 126 Å². The number of nitrogens with zero attached hydrogens (tertiary/aromatic N) is 2. The Bertz CT molecular complexity index is 632. The molecular formula is C12H15BrN2O4S. The van der Waals surface area contributed by atoms with Crippen molar-refractivity contribution in [1.29, 1.82) is 0 Å². The summed E-state index contributed by atoms with van der Waals surface area (Å²) in [7, 11) is -2.98. The highest BCUT2D eigenvalue weighted by molar-refractivity contribution is 9.08. The van der Waals surface area contributed by atoms with Crippen LogP contribution in [0.1, 0.15) is 12.5 Å². The Morgan fingerprint density at radius 1 is 1.50 bits per heavy atom. The lowest BCUT2D eigenvalue weighted by molar-refractivity contribution is -0.384. The van der Waals surface area contributed by atoms with E-state index in [0.717, 1.165) is 11.3 Å². The van der Waals surface area contributed by atoms with Gasteiger partial charge < -0.3 is 4.90 Å². The maximum Gasteiger partial charge on any atom is 0.269 e. The molecule has 0 amide bonds. The highest BCUT2D eigenvalue weighted by Gasteiger charge is 2.29. The number of alkyl halides is 1. The van der Waals surface area contributed by atoms with Crippen molar-refractivity contribution >= 4 is 37.1 Å². The van der Waals surface area contributed by atoms with Crippen LogP contribution < -0.4 is 4.90 Å². The smallest absolute Gasteiger partial charge is 0.269 e. The molecule has 1 unspecified atom stereocenters. The molecule has 6 nitrogen and oxygen atoms in total. The van der Waals surface area contributed by atoms with Gasteiger partial charge in [-0.3, -0.25) is 10.1 Å². The van der Waals surface area contributed by atoms with Gasteiger partial charge in [-0.15, -0.1) is 0 Å². The van der Waals surface area contributed by atoms with Crippen molar-refractivity contribution in [3.63, 3.8) is 0 Å². The van der Waals surface area contributed by atoms with Crippen molar-refractivity contribution in [3.05, 3.63) is 33.9 Å². The van der Waals surface area contributed by atoms with E-state index in [0.29, 0.717) is 11.9 Å². The molecule has 1 fully saturated rings. The SMILES string of the molecule is CC1CS(=O)(=O)CCN1c1ccc([N+](=O)[O-])cc1CBr. The van der Waals surface area contributed by atoms with Gasteiger partial charge >= 0.3 is 0 Å². The number of hydrogen-bond acceptors (Lipinski definition) is 5. The molecule has 0 N–H and O–H groups in total. The van der Waals surface area contributed by atoms with Crippen molar-refractivity contribution < 1.29 is 13.3 Å². The summed E-state index contributed by atoms with van der Waals surface area (Å²) >= 11 is 3.33. The Kier molecular flexibility index (Phi) is 4.33. The molecule has 1 aromatic carbocycles. The summed E-state index contributed by atoms with van der Waals surface area (Å²) in [6, 6.07) is 4.55. The summed E-state index contributed by atoms with van der Waals surface area (Å²) in [5.41, 5.74) is 1.70. The van der Waals surface area contributed by atoms with E-state index in [1.165, 1.54) is 12.1 Å². The molecule has 1 saturated heterocycles. The molecule has 2 rings (SSSR count). The van der Waals surface area contributed by atoms with Crippen molar-refractivity contribution in [1.82, 2.24) is 0 Å². The van der Waals surface area contributed by atoms with Gasteiger partial charge in [0, 0.05) is 35.7 Å². The fourth-order valence-electron chi connectivity index (χ4n) is 2.43. The number of nitro groups is 1. The van der Waals surface area contributed by atoms with Gasteiger partial charge in [-0.05, 0) is 18.6 Å². The Balaban J connectivity index is 2.35. The maximum atomic E-state index is 11.6. The van der Waals surface area contributed by atoms with E-state index in [4.69, 9.17) is 0 Å². The predicted molar refractivity (Wildman–Crippen MR) is 81.2 cm³/mol. The number of halogens is 1. The fraction of sp³-hybridized carbons (Fsp3) is 0.500. The third-order valence-corrected chi connectivity index (χ3v) is 5.80.